The number of carbonyl (C=O) groups excluding carboxylic acids is 2. The molecule has 2 heterocycles. The van der Waals surface area contributed by atoms with Crippen molar-refractivity contribution in [2.24, 2.45) is 11.7 Å². The van der Waals surface area contributed by atoms with E-state index in [0.717, 1.165) is 5.69 Å². The van der Waals surface area contributed by atoms with Gasteiger partial charge in [-0.1, -0.05) is 0 Å². The van der Waals surface area contributed by atoms with Crippen LogP contribution < -0.4 is 5.73 Å². The van der Waals surface area contributed by atoms with E-state index in [1.807, 2.05) is 6.92 Å². The van der Waals surface area contributed by atoms with Gasteiger partial charge in [0.2, 0.25) is 5.91 Å². The van der Waals surface area contributed by atoms with Crippen molar-refractivity contribution in [3.05, 3.63) is 29.6 Å². The summed E-state index contributed by atoms with van der Waals surface area (Å²) in [4.78, 5) is 29.3. The molecule has 20 heavy (non-hydrogen) atoms. The van der Waals surface area contributed by atoms with Crippen LogP contribution in [0.5, 0.6) is 0 Å². The normalized spacial score (nSPS) is 22.0. The number of nitrogens with zero attached hydrogens (tertiary/aromatic N) is 2. The third kappa shape index (κ3) is 3.14. The highest BCUT2D eigenvalue weighted by atomic mass is 16.5. The Morgan fingerprint density at radius 3 is 2.85 bits per heavy atom. The van der Waals surface area contributed by atoms with E-state index >= 15 is 0 Å². The van der Waals surface area contributed by atoms with Crippen molar-refractivity contribution in [1.29, 1.82) is 0 Å². The van der Waals surface area contributed by atoms with Crippen molar-refractivity contribution in [3.8, 4) is 0 Å². The van der Waals surface area contributed by atoms with Gasteiger partial charge in [-0.15, -0.1) is 0 Å². The number of primary amides is 1. The number of ether oxygens (including phenoxy) is 1. The minimum Gasteiger partial charge on any atom is -0.379 e. The van der Waals surface area contributed by atoms with Gasteiger partial charge in [0.25, 0.3) is 5.91 Å². The smallest absolute Gasteiger partial charge is 0.254 e. The number of hydrogen-bond donors (Lipinski definition) is 1. The van der Waals surface area contributed by atoms with Gasteiger partial charge in [0.15, 0.2) is 0 Å². The zero-order chi connectivity index (χ0) is 14.7. The number of nitrogens with two attached hydrogens (primary N) is 1. The first-order valence-corrected chi connectivity index (χ1v) is 6.54. The summed E-state index contributed by atoms with van der Waals surface area (Å²) < 4.78 is 5.35. The van der Waals surface area contributed by atoms with E-state index in [2.05, 4.69) is 4.98 Å². The zero-order valence-electron chi connectivity index (χ0n) is 11.7. The first-order chi connectivity index (χ1) is 9.51. The maximum absolute atomic E-state index is 12.4. The Bertz CT molecular complexity index is 518. The molecule has 1 fully saturated rings. The molecule has 1 aliphatic rings. The van der Waals surface area contributed by atoms with E-state index in [0.29, 0.717) is 18.7 Å². The molecule has 2 amide bonds. The third-order valence-electron chi connectivity index (χ3n) is 3.58. The molecule has 2 rings (SSSR count). The first-order valence-electron chi connectivity index (χ1n) is 6.54. The van der Waals surface area contributed by atoms with Crippen LogP contribution in [0.3, 0.4) is 0 Å². The summed E-state index contributed by atoms with van der Waals surface area (Å²) in [6, 6.07) is 3.45. The third-order valence-corrected chi connectivity index (χ3v) is 3.58. The van der Waals surface area contributed by atoms with Crippen LogP contribution in [-0.4, -0.2) is 48.0 Å². The molecule has 1 aliphatic heterocycles. The second kappa shape index (κ2) is 6.00. The van der Waals surface area contributed by atoms with Crippen LogP contribution in [-0.2, 0) is 9.53 Å². The van der Waals surface area contributed by atoms with Gasteiger partial charge < -0.3 is 15.4 Å². The summed E-state index contributed by atoms with van der Waals surface area (Å²) in [6.45, 7) is 2.81. The summed E-state index contributed by atoms with van der Waals surface area (Å²) in [5.74, 6) is -0.472. The molecule has 6 heteroatoms. The maximum atomic E-state index is 12.4. The second-order valence-electron chi connectivity index (χ2n) is 5.10. The summed E-state index contributed by atoms with van der Waals surface area (Å²) >= 11 is 0. The lowest BCUT2D eigenvalue weighted by Crippen LogP contribution is -2.30. The van der Waals surface area contributed by atoms with Crippen LogP contribution in [0.2, 0.25) is 0 Å². The first kappa shape index (κ1) is 14.5. The monoisotopic (exact) mass is 277 g/mol. The Balaban J connectivity index is 2.10. The number of pyridine rings is 1. The van der Waals surface area contributed by atoms with Gasteiger partial charge in [0.1, 0.15) is 0 Å². The quantitative estimate of drug-likeness (QED) is 0.860. The summed E-state index contributed by atoms with van der Waals surface area (Å²) in [5, 5.41) is 0. The number of aryl methyl sites for hydroxylation is 1. The number of amides is 2. The van der Waals surface area contributed by atoms with E-state index in [1.54, 1.807) is 30.3 Å². The molecule has 6 nitrogen and oxygen atoms in total. The molecule has 2 atom stereocenters. The van der Waals surface area contributed by atoms with Gasteiger partial charge in [-0.05, 0) is 19.1 Å². The van der Waals surface area contributed by atoms with Gasteiger partial charge in [0.05, 0.1) is 6.10 Å². The number of aromatic nitrogens is 1. The van der Waals surface area contributed by atoms with Crippen LogP contribution in [0.15, 0.2) is 18.3 Å². The molecule has 108 valence electrons. The van der Waals surface area contributed by atoms with Crippen LogP contribution in [0, 0.1) is 12.8 Å². The molecule has 0 unspecified atom stereocenters. The van der Waals surface area contributed by atoms with Crippen molar-refractivity contribution >= 4 is 11.8 Å². The molecule has 0 saturated carbocycles. The number of methoxy groups -OCH3 is 1. The van der Waals surface area contributed by atoms with E-state index < -0.39 is 0 Å². The predicted octanol–water partition coefficient (Wildman–Crippen LogP) is 0.352. The summed E-state index contributed by atoms with van der Waals surface area (Å²) in [7, 11) is 1.59. The Hall–Kier alpha value is -1.95. The lowest BCUT2D eigenvalue weighted by atomic mass is 10.0. The van der Waals surface area contributed by atoms with E-state index in [1.165, 1.54) is 0 Å². The highest BCUT2D eigenvalue weighted by molar-refractivity contribution is 5.94. The minimum absolute atomic E-state index is 0.0376. The summed E-state index contributed by atoms with van der Waals surface area (Å²) in [6.07, 6.45) is 1.71. The van der Waals surface area contributed by atoms with Gasteiger partial charge >= 0.3 is 0 Å². The largest absolute Gasteiger partial charge is 0.379 e. The second-order valence-corrected chi connectivity index (χ2v) is 5.10. The van der Waals surface area contributed by atoms with Crippen LogP contribution >= 0.6 is 0 Å². The topological polar surface area (TPSA) is 85.5 Å². The fourth-order valence-corrected chi connectivity index (χ4v) is 2.59. The molecule has 0 aromatic carbocycles. The zero-order valence-corrected chi connectivity index (χ0v) is 11.7. The van der Waals surface area contributed by atoms with Crippen LogP contribution in [0.1, 0.15) is 22.5 Å². The highest BCUT2D eigenvalue weighted by Gasteiger charge is 2.36. The number of rotatable bonds is 4. The minimum atomic E-state index is -0.369. The molecule has 1 aromatic heterocycles. The van der Waals surface area contributed by atoms with Crippen molar-refractivity contribution in [3.63, 3.8) is 0 Å². The number of carbonyl (C=O) groups is 2. The molecule has 1 saturated heterocycles. The molecular weight excluding hydrogens is 258 g/mol. The Morgan fingerprint density at radius 1 is 1.50 bits per heavy atom. The van der Waals surface area contributed by atoms with Crippen molar-refractivity contribution in [2.45, 2.75) is 19.4 Å². The number of likely N-dealkylation sites (tertiary alicyclic amines) is 1. The van der Waals surface area contributed by atoms with Gasteiger partial charge in [0, 0.05) is 50.0 Å². The van der Waals surface area contributed by atoms with E-state index in [9.17, 15) is 9.59 Å². The standard InChI is InChI=1S/C14H19N3O3/c1-9-5-10(3-4-16-9)14(19)17-7-11(6-13(15)18)12(8-17)20-2/h3-5,11-12H,6-8H2,1-2H3,(H2,15,18)/t11-,12-/m0/s1. The molecular formula is C14H19N3O3. The molecule has 0 bridgehead atoms. The van der Waals surface area contributed by atoms with Crippen LogP contribution in [0.25, 0.3) is 0 Å². The fourth-order valence-electron chi connectivity index (χ4n) is 2.59. The van der Waals surface area contributed by atoms with Gasteiger partial charge in [-0.2, -0.15) is 0 Å². The lowest BCUT2D eigenvalue weighted by molar-refractivity contribution is -0.119. The Labute approximate surface area is 117 Å². The Kier molecular flexibility index (Phi) is 4.34. The average molecular weight is 277 g/mol. The molecule has 0 radical (unpaired) electrons. The summed E-state index contributed by atoms with van der Waals surface area (Å²) in [5.41, 5.74) is 6.64. The van der Waals surface area contributed by atoms with E-state index in [4.69, 9.17) is 10.5 Å². The molecule has 0 spiro atoms. The maximum Gasteiger partial charge on any atom is 0.254 e. The van der Waals surface area contributed by atoms with Crippen LogP contribution in [0.4, 0.5) is 0 Å². The van der Waals surface area contributed by atoms with Crippen molar-refractivity contribution < 1.29 is 14.3 Å². The lowest BCUT2D eigenvalue weighted by Gasteiger charge is -2.16. The SMILES string of the molecule is CO[C@H]1CN(C(=O)c2ccnc(C)c2)C[C@@H]1CC(N)=O. The van der Waals surface area contributed by atoms with Crippen molar-refractivity contribution in [2.75, 3.05) is 20.2 Å². The fraction of sp³-hybridized carbons (Fsp3) is 0.500. The molecule has 0 aliphatic carbocycles. The van der Waals surface area contributed by atoms with Gasteiger partial charge in [-0.25, -0.2) is 0 Å². The highest BCUT2D eigenvalue weighted by Crippen LogP contribution is 2.24. The van der Waals surface area contributed by atoms with E-state index in [-0.39, 0.29) is 30.3 Å². The van der Waals surface area contributed by atoms with Gasteiger partial charge in [-0.3, -0.25) is 14.6 Å². The molecule has 2 N–H and O–H groups in total. The molecule has 1 aromatic rings. The average Bonchev–Trinajstić information content (AvgIpc) is 2.80. The number of hydrogen-bond acceptors (Lipinski definition) is 4. The van der Waals surface area contributed by atoms with Crippen molar-refractivity contribution in [1.82, 2.24) is 9.88 Å². The Morgan fingerprint density at radius 2 is 2.25 bits per heavy atom. The predicted molar refractivity (Wildman–Crippen MR) is 73.0 cm³/mol.